The maximum atomic E-state index is 12.9. The second kappa shape index (κ2) is 9.01. The Morgan fingerprint density at radius 2 is 1.69 bits per heavy atom. The number of rotatable bonds is 6. The van der Waals surface area contributed by atoms with Crippen LogP contribution >= 0.6 is 0 Å². The van der Waals surface area contributed by atoms with E-state index in [-0.39, 0.29) is 4.90 Å². The fourth-order valence-corrected chi connectivity index (χ4v) is 5.34. The third-order valence-corrected chi connectivity index (χ3v) is 7.93. The van der Waals surface area contributed by atoms with Crippen LogP contribution in [0.1, 0.15) is 17.0 Å². The van der Waals surface area contributed by atoms with Crippen LogP contribution in [0.25, 0.3) is 5.69 Å². The minimum atomic E-state index is -3.52. The average molecular weight is 455 g/mol. The third-order valence-electron chi connectivity index (χ3n) is 6.05. The molecule has 1 fully saturated rings. The smallest absolute Gasteiger partial charge is 0.244 e. The molecule has 3 heterocycles. The van der Waals surface area contributed by atoms with E-state index >= 15 is 0 Å². The molecular formula is C23H30N6O2S. The molecule has 0 saturated carbocycles. The van der Waals surface area contributed by atoms with Crippen LogP contribution in [-0.2, 0) is 16.6 Å². The normalized spacial score (nSPS) is 15.8. The lowest BCUT2D eigenvalue weighted by Crippen LogP contribution is -2.47. The molecule has 4 rings (SSSR count). The molecule has 1 aliphatic heterocycles. The van der Waals surface area contributed by atoms with Crippen LogP contribution in [-0.4, -0.2) is 72.7 Å². The van der Waals surface area contributed by atoms with Crippen molar-refractivity contribution in [2.75, 3.05) is 45.2 Å². The first kappa shape index (κ1) is 22.4. The Labute approximate surface area is 190 Å². The zero-order valence-corrected chi connectivity index (χ0v) is 19.9. The van der Waals surface area contributed by atoms with Crippen molar-refractivity contribution in [1.82, 2.24) is 24.0 Å². The molecule has 0 aliphatic carbocycles. The van der Waals surface area contributed by atoms with Crippen molar-refractivity contribution in [3.8, 4) is 5.69 Å². The maximum absolute atomic E-state index is 12.9. The van der Waals surface area contributed by atoms with Gasteiger partial charge in [-0.05, 0) is 45.2 Å². The molecule has 9 heteroatoms. The van der Waals surface area contributed by atoms with E-state index in [4.69, 9.17) is 5.10 Å². The SMILES string of the molecule is Cc1nn(-c2ccccc2)c(C)c1CN(C)c1ccc(S(=O)(=O)N2CCN(C)CC2)cn1. The van der Waals surface area contributed by atoms with E-state index in [1.807, 2.05) is 60.9 Å². The first-order chi connectivity index (χ1) is 15.3. The molecule has 0 N–H and O–H groups in total. The minimum absolute atomic E-state index is 0.239. The lowest BCUT2D eigenvalue weighted by Gasteiger charge is -2.31. The van der Waals surface area contributed by atoms with Crippen molar-refractivity contribution in [1.29, 1.82) is 0 Å². The van der Waals surface area contributed by atoms with E-state index in [9.17, 15) is 8.42 Å². The van der Waals surface area contributed by atoms with Gasteiger partial charge < -0.3 is 9.80 Å². The Bertz CT molecular complexity index is 1170. The fourth-order valence-electron chi connectivity index (χ4n) is 3.97. The number of likely N-dealkylation sites (N-methyl/N-ethyl adjacent to an activating group) is 1. The van der Waals surface area contributed by atoms with Gasteiger partial charge >= 0.3 is 0 Å². The largest absolute Gasteiger partial charge is 0.355 e. The Kier molecular flexibility index (Phi) is 6.32. The van der Waals surface area contributed by atoms with Gasteiger partial charge in [0.05, 0.1) is 11.4 Å². The molecule has 32 heavy (non-hydrogen) atoms. The molecule has 0 bridgehead atoms. The fraction of sp³-hybridized carbons (Fsp3) is 0.391. The number of nitrogens with zero attached hydrogens (tertiary/aromatic N) is 6. The Balaban J connectivity index is 1.50. The van der Waals surface area contributed by atoms with Gasteiger partial charge in [0.15, 0.2) is 0 Å². The van der Waals surface area contributed by atoms with E-state index in [2.05, 4.69) is 16.8 Å². The van der Waals surface area contributed by atoms with Gasteiger partial charge in [0.1, 0.15) is 10.7 Å². The second-order valence-corrected chi connectivity index (χ2v) is 10.3. The summed E-state index contributed by atoms with van der Waals surface area (Å²) in [5.74, 6) is 0.716. The van der Waals surface area contributed by atoms with Gasteiger partial charge in [-0.3, -0.25) is 0 Å². The second-order valence-electron chi connectivity index (χ2n) is 8.31. The summed E-state index contributed by atoms with van der Waals surface area (Å²) < 4.78 is 29.4. The van der Waals surface area contributed by atoms with Crippen LogP contribution in [0, 0.1) is 13.8 Å². The van der Waals surface area contributed by atoms with Gasteiger partial charge in [-0.2, -0.15) is 9.40 Å². The van der Waals surface area contributed by atoms with E-state index in [0.29, 0.717) is 25.5 Å². The zero-order chi connectivity index (χ0) is 22.9. The summed E-state index contributed by atoms with van der Waals surface area (Å²) in [5, 5.41) is 4.71. The van der Waals surface area contributed by atoms with Crippen LogP contribution in [0.3, 0.4) is 0 Å². The number of sulfonamides is 1. The molecule has 1 saturated heterocycles. The quantitative estimate of drug-likeness (QED) is 0.570. The first-order valence-corrected chi connectivity index (χ1v) is 12.2. The van der Waals surface area contributed by atoms with Gasteiger partial charge in [0.25, 0.3) is 0 Å². The Morgan fingerprint density at radius 1 is 1.00 bits per heavy atom. The highest BCUT2D eigenvalue weighted by molar-refractivity contribution is 7.89. The molecule has 0 spiro atoms. The lowest BCUT2D eigenvalue weighted by atomic mass is 10.2. The van der Waals surface area contributed by atoms with Crippen LogP contribution in [0.5, 0.6) is 0 Å². The zero-order valence-electron chi connectivity index (χ0n) is 19.1. The summed E-state index contributed by atoms with van der Waals surface area (Å²) in [6.45, 7) is 7.19. The average Bonchev–Trinajstić information content (AvgIpc) is 3.08. The summed E-state index contributed by atoms with van der Waals surface area (Å²) in [6, 6.07) is 13.5. The van der Waals surface area contributed by atoms with E-state index in [1.54, 1.807) is 12.1 Å². The van der Waals surface area contributed by atoms with E-state index in [1.165, 1.54) is 10.5 Å². The van der Waals surface area contributed by atoms with Gasteiger partial charge in [-0.1, -0.05) is 18.2 Å². The minimum Gasteiger partial charge on any atom is -0.355 e. The number of aromatic nitrogens is 3. The molecule has 0 atom stereocenters. The van der Waals surface area contributed by atoms with Crippen LogP contribution in [0.2, 0.25) is 0 Å². The topological polar surface area (TPSA) is 74.6 Å². The van der Waals surface area contributed by atoms with Gasteiger partial charge in [-0.15, -0.1) is 0 Å². The number of anilines is 1. The molecule has 1 aromatic carbocycles. The summed E-state index contributed by atoms with van der Waals surface area (Å²) in [4.78, 5) is 8.84. The van der Waals surface area contributed by atoms with Gasteiger partial charge in [0, 0.05) is 57.2 Å². The van der Waals surface area contributed by atoms with Gasteiger partial charge in [-0.25, -0.2) is 18.1 Å². The summed E-state index contributed by atoms with van der Waals surface area (Å²) in [7, 11) is 0.442. The number of piperazine rings is 1. The molecule has 3 aromatic rings. The van der Waals surface area contributed by atoms with Crippen molar-refractivity contribution in [2.45, 2.75) is 25.3 Å². The molecule has 1 aliphatic rings. The highest BCUT2D eigenvalue weighted by Gasteiger charge is 2.27. The van der Waals surface area contributed by atoms with Crippen LogP contribution < -0.4 is 4.90 Å². The summed E-state index contributed by atoms with van der Waals surface area (Å²) >= 11 is 0. The summed E-state index contributed by atoms with van der Waals surface area (Å²) in [5.41, 5.74) is 4.20. The number of hydrogen-bond acceptors (Lipinski definition) is 6. The molecule has 170 valence electrons. The monoisotopic (exact) mass is 454 g/mol. The molecule has 8 nitrogen and oxygen atoms in total. The van der Waals surface area contributed by atoms with E-state index < -0.39 is 10.0 Å². The molecule has 0 unspecified atom stereocenters. The van der Waals surface area contributed by atoms with Crippen molar-refractivity contribution in [2.24, 2.45) is 0 Å². The van der Waals surface area contributed by atoms with Crippen molar-refractivity contribution >= 4 is 15.8 Å². The molecule has 2 aromatic heterocycles. The highest BCUT2D eigenvalue weighted by atomic mass is 32.2. The predicted octanol–water partition coefficient (Wildman–Crippen LogP) is 2.46. The maximum Gasteiger partial charge on any atom is 0.244 e. The first-order valence-electron chi connectivity index (χ1n) is 10.7. The van der Waals surface area contributed by atoms with Crippen molar-refractivity contribution in [3.63, 3.8) is 0 Å². The summed E-state index contributed by atoms with van der Waals surface area (Å²) in [6.07, 6.45) is 1.46. The third kappa shape index (κ3) is 4.41. The standard InChI is InChI=1S/C23H30N6O2S/c1-18-22(19(2)29(25-18)20-8-6-5-7-9-20)17-27(4)23-11-10-21(16-24-23)32(30,31)28-14-12-26(3)13-15-28/h5-11,16H,12-15,17H2,1-4H3. The Hall–Kier alpha value is -2.75. The molecule has 0 radical (unpaired) electrons. The lowest BCUT2D eigenvalue weighted by molar-refractivity contribution is 0.222. The number of pyridine rings is 1. The van der Waals surface area contributed by atoms with Crippen molar-refractivity contribution < 1.29 is 8.42 Å². The molecule has 0 amide bonds. The number of benzene rings is 1. The van der Waals surface area contributed by atoms with Crippen molar-refractivity contribution in [3.05, 3.63) is 65.6 Å². The van der Waals surface area contributed by atoms with Gasteiger partial charge in [0.2, 0.25) is 10.0 Å². The Morgan fingerprint density at radius 3 is 2.31 bits per heavy atom. The van der Waals surface area contributed by atoms with E-state index in [0.717, 1.165) is 35.7 Å². The molecular weight excluding hydrogens is 424 g/mol. The predicted molar refractivity (Wildman–Crippen MR) is 126 cm³/mol. The number of aryl methyl sites for hydroxylation is 1. The highest BCUT2D eigenvalue weighted by Crippen LogP contribution is 2.23. The number of hydrogen-bond donors (Lipinski definition) is 0. The van der Waals surface area contributed by atoms with Crippen LogP contribution in [0.4, 0.5) is 5.82 Å². The van der Waals surface area contributed by atoms with Crippen LogP contribution in [0.15, 0.2) is 53.6 Å². The number of para-hydroxylation sites is 1.